The summed E-state index contributed by atoms with van der Waals surface area (Å²) in [5.41, 5.74) is 2.76. The van der Waals surface area contributed by atoms with E-state index in [-0.39, 0.29) is 17.2 Å². The molecule has 4 aliphatic carbocycles. The number of hydrogen-bond acceptors (Lipinski definition) is 4. The minimum Gasteiger partial charge on any atom is -0.352 e. The molecule has 0 atom stereocenters. The van der Waals surface area contributed by atoms with E-state index in [9.17, 15) is 9.59 Å². The van der Waals surface area contributed by atoms with E-state index in [0.29, 0.717) is 19.0 Å². The Kier molecular flexibility index (Phi) is 7.08. The molecule has 6 aliphatic rings. The molecule has 0 aromatic heterocycles. The Bertz CT molecular complexity index is 971. The molecule has 202 valence electrons. The third kappa shape index (κ3) is 5.21. The minimum absolute atomic E-state index is 0.0143. The SMILES string of the molecule is CN(C)CCCC(=O)N1Cc2ccccc2C2(CCN(CC(=O)NC3C4CC5CC(C4)CC3C5)CC2)C1. The Morgan fingerprint density at radius 3 is 2.35 bits per heavy atom. The van der Waals surface area contributed by atoms with Crippen molar-refractivity contribution in [2.24, 2.45) is 23.7 Å². The lowest BCUT2D eigenvalue weighted by molar-refractivity contribution is -0.134. The van der Waals surface area contributed by atoms with Gasteiger partial charge in [-0.25, -0.2) is 0 Å². The number of carbonyl (C=O) groups is 2. The molecule has 2 amide bonds. The molecule has 2 aliphatic heterocycles. The van der Waals surface area contributed by atoms with Crippen molar-refractivity contribution in [2.75, 3.05) is 46.8 Å². The average molecular weight is 507 g/mol. The molecule has 1 aromatic rings. The molecule has 1 N–H and O–H groups in total. The van der Waals surface area contributed by atoms with Crippen LogP contribution in [0.25, 0.3) is 0 Å². The highest BCUT2D eigenvalue weighted by atomic mass is 16.2. The van der Waals surface area contributed by atoms with Gasteiger partial charge < -0.3 is 15.1 Å². The van der Waals surface area contributed by atoms with Gasteiger partial charge in [0.2, 0.25) is 11.8 Å². The summed E-state index contributed by atoms with van der Waals surface area (Å²) in [6, 6.07) is 9.18. The van der Waals surface area contributed by atoms with Crippen molar-refractivity contribution in [3.8, 4) is 0 Å². The van der Waals surface area contributed by atoms with Gasteiger partial charge in [0.1, 0.15) is 0 Å². The van der Waals surface area contributed by atoms with E-state index in [4.69, 9.17) is 0 Å². The van der Waals surface area contributed by atoms with Gasteiger partial charge in [-0.2, -0.15) is 0 Å². The van der Waals surface area contributed by atoms with Crippen LogP contribution < -0.4 is 5.32 Å². The normalized spacial score (nSPS) is 32.1. The zero-order valence-electron chi connectivity index (χ0n) is 23.0. The molecule has 1 saturated heterocycles. The topological polar surface area (TPSA) is 55.9 Å². The summed E-state index contributed by atoms with van der Waals surface area (Å²) >= 11 is 0. The molecule has 0 unspecified atom stereocenters. The first-order chi connectivity index (χ1) is 17.9. The quantitative estimate of drug-likeness (QED) is 0.614. The van der Waals surface area contributed by atoms with Crippen molar-refractivity contribution < 1.29 is 9.59 Å². The molecule has 7 rings (SSSR count). The Labute approximate surface area is 223 Å². The van der Waals surface area contributed by atoms with Crippen molar-refractivity contribution in [1.82, 2.24) is 20.0 Å². The molecule has 5 fully saturated rings. The maximum atomic E-state index is 13.2. The van der Waals surface area contributed by atoms with Gasteiger partial charge in [0, 0.05) is 31.0 Å². The fourth-order valence-corrected chi connectivity index (χ4v) is 8.93. The van der Waals surface area contributed by atoms with Crippen molar-refractivity contribution >= 4 is 11.8 Å². The van der Waals surface area contributed by atoms with Crippen LogP contribution in [0.4, 0.5) is 0 Å². The van der Waals surface area contributed by atoms with Crippen LogP contribution >= 0.6 is 0 Å². The number of hydrogen-bond donors (Lipinski definition) is 1. The van der Waals surface area contributed by atoms with Gasteiger partial charge in [-0.1, -0.05) is 24.3 Å². The van der Waals surface area contributed by atoms with Crippen molar-refractivity contribution in [2.45, 2.75) is 75.8 Å². The Hall–Kier alpha value is -1.92. The number of rotatable bonds is 7. The summed E-state index contributed by atoms with van der Waals surface area (Å²) < 4.78 is 0. The lowest BCUT2D eigenvalue weighted by atomic mass is 9.54. The first kappa shape index (κ1) is 25.4. The molecule has 2 heterocycles. The van der Waals surface area contributed by atoms with Crippen LogP contribution in [0.3, 0.4) is 0 Å². The molecule has 6 heteroatoms. The van der Waals surface area contributed by atoms with Crippen molar-refractivity contribution in [3.05, 3.63) is 35.4 Å². The molecule has 0 radical (unpaired) electrons. The van der Waals surface area contributed by atoms with Gasteiger partial charge in [0.15, 0.2) is 0 Å². The van der Waals surface area contributed by atoms with E-state index in [1.165, 1.54) is 43.2 Å². The lowest BCUT2D eigenvalue weighted by Gasteiger charge is -2.54. The van der Waals surface area contributed by atoms with E-state index in [1.54, 1.807) is 0 Å². The highest BCUT2D eigenvalue weighted by Crippen LogP contribution is 2.53. The Morgan fingerprint density at radius 1 is 1.00 bits per heavy atom. The third-order valence-electron chi connectivity index (χ3n) is 10.5. The smallest absolute Gasteiger partial charge is 0.234 e. The second-order valence-electron chi connectivity index (χ2n) is 13.4. The fraction of sp³-hybridized carbons (Fsp3) is 0.742. The highest BCUT2D eigenvalue weighted by Gasteiger charge is 2.49. The number of benzene rings is 1. The average Bonchev–Trinajstić information content (AvgIpc) is 2.87. The van der Waals surface area contributed by atoms with E-state index in [1.807, 2.05) is 0 Å². The van der Waals surface area contributed by atoms with Crippen LogP contribution in [0.1, 0.15) is 68.9 Å². The molecule has 4 saturated carbocycles. The molecular weight excluding hydrogens is 460 g/mol. The van der Waals surface area contributed by atoms with Gasteiger partial charge >= 0.3 is 0 Å². The number of piperidine rings is 1. The second kappa shape index (κ2) is 10.3. The first-order valence-corrected chi connectivity index (χ1v) is 14.9. The summed E-state index contributed by atoms with van der Waals surface area (Å²) in [4.78, 5) is 32.9. The molecule has 1 aromatic carbocycles. The number of nitrogens with zero attached hydrogens (tertiary/aromatic N) is 3. The fourth-order valence-electron chi connectivity index (χ4n) is 8.93. The molecule has 6 nitrogen and oxygen atoms in total. The van der Waals surface area contributed by atoms with E-state index in [2.05, 4.69) is 58.4 Å². The Balaban J connectivity index is 1.06. The summed E-state index contributed by atoms with van der Waals surface area (Å²) in [6.07, 6.45) is 10.4. The predicted octanol–water partition coefficient (Wildman–Crippen LogP) is 3.65. The minimum atomic E-state index is 0.0143. The van der Waals surface area contributed by atoms with Crippen LogP contribution in [-0.4, -0.2) is 79.4 Å². The van der Waals surface area contributed by atoms with Crippen LogP contribution in [0, 0.1) is 23.7 Å². The standard InChI is InChI=1S/C31H46N4O2/c1-33(2)11-5-8-29(37)35-19-24-6-3-4-7-27(24)31(21-35)9-12-34(13-10-31)20-28(36)32-30-25-15-22-14-23(17-25)18-26(30)16-22/h3-4,6-7,22-23,25-26,30H,5,8-21H2,1-2H3,(H,32,36). The van der Waals surface area contributed by atoms with Crippen LogP contribution in [0.15, 0.2) is 24.3 Å². The van der Waals surface area contributed by atoms with Crippen LogP contribution in [-0.2, 0) is 21.5 Å². The van der Waals surface area contributed by atoms with Crippen molar-refractivity contribution in [1.29, 1.82) is 0 Å². The van der Waals surface area contributed by atoms with Crippen molar-refractivity contribution in [3.63, 3.8) is 0 Å². The zero-order valence-corrected chi connectivity index (χ0v) is 23.0. The maximum Gasteiger partial charge on any atom is 0.234 e. The summed E-state index contributed by atoms with van der Waals surface area (Å²) in [7, 11) is 4.13. The van der Waals surface area contributed by atoms with Gasteiger partial charge in [0.25, 0.3) is 0 Å². The number of fused-ring (bicyclic) bond motifs is 2. The van der Waals surface area contributed by atoms with E-state index >= 15 is 0 Å². The highest BCUT2D eigenvalue weighted by molar-refractivity contribution is 5.78. The second-order valence-corrected chi connectivity index (χ2v) is 13.4. The van der Waals surface area contributed by atoms with Gasteiger partial charge in [-0.3, -0.25) is 14.5 Å². The predicted molar refractivity (Wildman–Crippen MR) is 146 cm³/mol. The van der Waals surface area contributed by atoms with Crippen LogP contribution in [0.5, 0.6) is 0 Å². The maximum absolute atomic E-state index is 13.2. The summed E-state index contributed by atoms with van der Waals surface area (Å²) in [6.45, 7) is 4.86. The molecule has 1 spiro atoms. The van der Waals surface area contributed by atoms with Gasteiger partial charge in [-0.05, 0) is 120 Å². The van der Waals surface area contributed by atoms with Gasteiger partial charge in [-0.15, -0.1) is 0 Å². The largest absolute Gasteiger partial charge is 0.352 e. The summed E-state index contributed by atoms with van der Waals surface area (Å²) in [5, 5.41) is 3.51. The number of amides is 2. The van der Waals surface area contributed by atoms with Crippen LogP contribution in [0.2, 0.25) is 0 Å². The zero-order chi connectivity index (χ0) is 25.6. The first-order valence-electron chi connectivity index (χ1n) is 14.9. The lowest BCUT2D eigenvalue weighted by Crippen LogP contribution is -2.58. The number of likely N-dealkylation sites (tertiary alicyclic amines) is 1. The Morgan fingerprint density at radius 2 is 1.68 bits per heavy atom. The molecule has 4 bridgehead atoms. The van der Waals surface area contributed by atoms with E-state index in [0.717, 1.165) is 75.7 Å². The number of carbonyl (C=O) groups excluding carboxylic acids is 2. The monoisotopic (exact) mass is 506 g/mol. The third-order valence-corrected chi connectivity index (χ3v) is 10.5. The van der Waals surface area contributed by atoms with Gasteiger partial charge in [0.05, 0.1) is 6.54 Å². The molecule has 37 heavy (non-hydrogen) atoms. The summed E-state index contributed by atoms with van der Waals surface area (Å²) in [5.74, 6) is 3.84. The van der Waals surface area contributed by atoms with E-state index < -0.39 is 0 Å². The number of nitrogens with one attached hydrogen (secondary N) is 1. The molecular formula is C31H46N4O2.